The Bertz CT molecular complexity index is 420. The molecule has 0 aliphatic heterocycles. The quantitative estimate of drug-likeness (QED) is 0.817. The fourth-order valence-corrected chi connectivity index (χ4v) is 2.59. The first-order valence-corrected chi connectivity index (χ1v) is 7.67. The molecule has 0 saturated carbocycles. The van der Waals surface area contributed by atoms with E-state index in [4.69, 9.17) is 17.3 Å². The van der Waals surface area contributed by atoms with Crippen LogP contribution in [0.25, 0.3) is 0 Å². The first kappa shape index (κ1) is 17.2. The van der Waals surface area contributed by atoms with Gasteiger partial charge in [-0.25, -0.2) is 0 Å². The topological polar surface area (TPSA) is 43.1 Å². The first-order chi connectivity index (χ1) is 9.32. The van der Waals surface area contributed by atoms with Crippen LogP contribution in [0.2, 0.25) is 5.02 Å². The molecule has 0 aliphatic rings. The molecule has 3 heteroatoms. The van der Waals surface area contributed by atoms with Gasteiger partial charge >= 0.3 is 0 Å². The van der Waals surface area contributed by atoms with Gasteiger partial charge in [-0.05, 0) is 48.4 Å². The second-order valence-corrected chi connectivity index (χ2v) is 6.96. The number of hydrogen-bond acceptors (Lipinski definition) is 2. The summed E-state index contributed by atoms with van der Waals surface area (Å²) >= 11 is 5.84. The summed E-state index contributed by atoms with van der Waals surface area (Å²) in [6.07, 6.45) is 3.03. The van der Waals surface area contributed by atoms with Gasteiger partial charge in [-0.3, -0.25) is 4.79 Å². The van der Waals surface area contributed by atoms with E-state index in [0.717, 1.165) is 18.4 Å². The van der Waals surface area contributed by atoms with E-state index >= 15 is 0 Å². The molecule has 0 aliphatic carbocycles. The minimum atomic E-state index is 0.208. The summed E-state index contributed by atoms with van der Waals surface area (Å²) in [7, 11) is 0. The third-order valence-corrected chi connectivity index (χ3v) is 4.08. The van der Waals surface area contributed by atoms with Gasteiger partial charge in [0.2, 0.25) is 0 Å². The molecule has 1 aromatic rings. The van der Waals surface area contributed by atoms with Crippen LogP contribution in [0.4, 0.5) is 0 Å². The molecular weight excluding hydrogens is 270 g/mol. The van der Waals surface area contributed by atoms with Crippen molar-refractivity contribution in [2.75, 3.05) is 6.54 Å². The molecule has 1 aromatic carbocycles. The van der Waals surface area contributed by atoms with E-state index in [-0.39, 0.29) is 5.41 Å². The van der Waals surface area contributed by atoms with Gasteiger partial charge in [0.15, 0.2) is 0 Å². The van der Waals surface area contributed by atoms with Crippen LogP contribution in [-0.2, 0) is 11.2 Å². The first-order valence-electron chi connectivity index (χ1n) is 7.29. The Balaban J connectivity index is 2.47. The molecule has 0 spiro atoms. The van der Waals surface area contributed by atoms with Crippen molar-refractivity contribution < 1.29 is 4.79 Å². The van der Waals surface area contributed by atoms with E-state index in [1.165, 1.54) is 0 Å². The number of hydrogen-bond donors (Lipinski definition) is 1. The van der Waals surface area contributed by atoms with Crippen LogP contribution in [0.1, 0.15) is 45.6 Å². The van der Waals surface area contributed by atoms with Gasteiger partial charge in [0, 0.05) is 17.9 Å². The van der Waals surface area contributed by atoms with Crippen molar-refractivity contribution in [2.24, 2.45) is 17.1 Å². The average molecular weight is 296 g/mol. The Morgan fingerprint density at radius 3 is 2.30 bits per heavy atom. The molecule has 20 heavy (non-hydrogen) atoms. The molecule has 0 fully saturated rings. The van der Waals surface area contributed by atoms with Gasteiger partial charge in [-0.2, -0.15) is 0 Å². The van der Waals surface area contributed by atoms with Crippen LogP contribution < -0.4 is 5.73 Å². The molecule has 2 N–H and O–H groups in total. The Kier molecular flexibility index (Phi) is 6.70. The Hall–Kier alpha value is -0.860. The zero-order chi connectivity index (χ0) is 15.2. The maximum atomic E-state index is 12.1. The van der Waals surface area contributed by atoms with Gasteiger partial charge in [-0.15, -0.1) is 0 Å². The highest BCUT2D eigenvalue weighted by Gasteiger charge is 2.24. The molecular formula is C17H26ClNO. The van der Waals surface area contributed by atoms with Crippen molar-refractivity contribution in [1.82, 2.24) is 0 Å². The largest absolute Gasteiger partial charge is 0.330 e. The number of carbonyl (C=O) groups is 1. The van der Waals surface area contributed by atoms with Gasteiger partial charge in [0.1, 0.15) is 5.78 Å². The lowest BCUT2D eigenvalue weighted by molar-refractivity contribution is -0.118. The smallest absolute Gasteiger partial charge is 0.137 e. The molecule has 1 unspecified atom stereocenters. The van der Waals surface area contributed by atoms with Crippen LogP contribution in [0.5, 0.6) is 0 Å². The minimum absolute atomic E-state index is 0.208. The maximum Gasteiger partial charge on any atom is 0.137 e. The number of ketones is 1. The molecule has 0 saturated heterocycles. The van der Waals surface area contributed by atoms with E-state index in [0.29, 0.717) is 36.1 Å². The second-order valence-electron chi connectivity index (χ2n) is 6.52. The summed E-state index contributed by atoms with van der Waals surface area (Å²) in [6.45, 7) is 7.35. The number of nitrogens with two attached hydrogens (primary N) is 1. The van der Waals surface area contributed by atoms with Gasteiger partial charge in [-0.1, -0.05) is 44.5 Å². The number of Topliss-reactive ketones (excluding diaryl/α,β-unsaturated/α-hetero) is 1. The third-order valence-electron chi connectivity index (χ3n) is 3.83. The SMILES string of the molecule is CC(C)(C)C(CCN)CCC(=O)Cc1ccc(Cl)cc1. The number of benzene rings is 1. The fraction of sp³-hybridized carbons (Fsp3) is 0.588. The third kappa shape index (κ3) is 6.06. The lowest BCUT2D eigenvalue weighted by Gasteiger charge is -2.30. The van der Waals surface area contributed by atoms with Crippen LogP contribution in [0.15, 0.2) is 24.3 Å². The summed E-state index contributed by atoms with van der Waals surface area (Å²) < 4.78 is 0. The van der Waals surface area contributed by atoms with Crippen molar-refractivity contribution in [3.05, 3.63) is 34.9 Å². The van der Waals surface area contributed by atoms with E-state index in [1.54, 1.807) is 0 Å². The molecule has 0 amide bonds. The summed E-state index contributed by atoms with van der Waals surface area (Å²) in [4.78, 5) is 12.1. The van der Waals surface area contributed by atoms with Crippen molar-refractivity contribution in [3.63, 3.8) is 0 Å². The highest BCUT2D eigenvalue weighted by Crippen LogP contribution is 2.32. The number of rotatable bonds is 7. The summed E-state index contributed by atoms with van der Waals surface area (Å²) in [6, 6.07) is 7.50. The van der Waals surface area contributed by atoms with Crippen molar-refractivity contribution in [2.45, 2.75) is 46.5 Å². The normalized spacial score (nSPS) is 13.2. The maximum absolute atomic E-state index is 12.1. The highest BCUT2D eigenvalue weighted by molar-refractivity contribution is 6.30. The zero-order valence-corrected chi connectivity index (χ0v) is 13.5. The van der Waals surface area contributed by atoms with Crippen molar-refractivity contribution in [3.8, 4) is 0 Å². The summed E-state index contributed by atoms with van der Waals surface area (Å²) in [5.41, 5.74) is 6.91. The predicted octanol–water partition coefficient (Wildman–Crippen LogP) is 4.24. The molecule has 1 rings (SSSR count). The Morgan fingerprint density at radius 2 is 1.80 bits per heavy atom. The molecule has 0 aromatic heterocycles. The van der Waals surface area contributed by atoms with Crippen LogP contribution in [-0.4, -0.2) is 12.3 Å². The van der Waals surface area contributed by atoms with Gasteiger partial charge in [0.05, 0.1) is 0 Å². The molecule has 112 valence electrons. The average Bonchev–Trinajstić information content (AvgIpc) is 2.36. The van der Waals surface area contributed by atoms with Gasteiger partial charge in [0.25, 0.3) is 0 Å². The van der Waals surface area contributed by atoms with E-state index in [9.17, 15) is 4.79 Å². The van der Waals surface area contributed by atoms with E-state index < -0.39 is 0 Å². The lowest BCUT2D eigenvalue weighted by Crippen LogP contribution is -2.24. The predicted molar refractivity (Wildman–Crippen MR) is 86.0 cm³/mol. The fourth-order valence-electron chi connectivity index (χ4n) is 2.47. The van der Waals surface area contributed by atoms with Gasteiger partial charge < -0.3 is 5.73 Å². The number of halogens is 1. The van der Waals surface area contributed by atoms with E-state index in [2.05, 4.69) is 20.8 Å². The minimum Gasteiger partial charge on any atom is -0.330 e. The van der Waals surface area contributed by atoms with Crippen LogP contribution in [0, 0.1) is 11.3 Å². The van der Waals surface area contributed by atoms with Crippen molar-refractivity contribution >= 4 is 17.4 Å². The van der Waals surface area contributed by atoms with Crippen LogP contribution >= 0.6 is 11.6 Å². The highest BCUT2D eigenvalue weighted by atomic mass is 35.5. The van der Waals surface area contributed by atoms with Crippen molar-refractivity contribution in [1.29, 1.82) is 0 Å². The molecule has 2 nitrogen and oxygen atoms in total. The Labute approximate surface area is 127 Å². The Morgan fingerprint density at radius 1 is 1.20 bits per heavy atom. The number of carbonyl (C=O) groups excluding carboxylic acids is 1. The molecule has 0 heterocycles. The standard InChI is InChI=1S/C17H26ClNO/c1-17(2,3)14(10-11-19)6-9-16(20)12-13-4-7-15(18)8-5-13/h4-5,7-8,14H,6,9-12,19H2,1-3H3. The summed E-state index contributed by atoms with van der Waals surface area (Å²) in [5.74, 6) is 0.792. The molecule has 1 atom stereocenters. The molecule has 0 radical (unpaired) electrons. The monoisotopic (exact) mass is 295 g/mol. The summed E-state index contributed by atoms with van der Waals surface area (Å²) in [5, 5.41) is 0.706. The second kappa shape index (κ2) is 7.80. The van der Waals surface area contributed by atoms with Crippen LogP contribution in [0.3, 0.4) is 0 Å². The molecule has 0 bridgehead atoms. The lowest BCUT2D eigenvalue weighted by atomic mass is 9.76. The van der Waals surface area contributed by atoms with E-state index in [1.807, 2.05) is 24.3 Å². The zero-order valence-electron chi connectivity index (χ0n) is 12.8.